The van der Waals surface area contributed by atoms with E-state index in [0.29, 0.717) is 10.9 Å². The van der Waals surface area contributed by atoms with Gasteiger partial charge in [0.2, 0.25) is 5.91 Å². The van der Waals surface area contributed by atoms with E-state index in [-0.39, 0.29) is 5.92 Å². The molecule has 8 nitrogen and oxygen atoms in total. The number of aliphatic carboxylic acids is 1. The van der Waals surface area contributed by atoms with E-state index >= 15 is 0 Å². The summed E-state index contributed by atoms with van der Waals surface area (Å²) in [5.41, 5.74) is 0.00277. The second-order valence-electron chi connectivity index (χ2n) is 5.61. The Morgan fingerprint density at radius 3 is 2.48 bits per heavy atom. The number of hydrogen-bond donors (Lipinski definition) is 2. The molecule has 0 aliphatic rings. The molecular formula is C15H18N4O4. The highest BCUT2D eigenvalue weighted by Gasteiger charge is 2.29. The minimum atomic E-state index is -1.15. The highest BCUT2D eigenvalue weighted by Crippen LogP contribution is 2.16. The van der Waals surface area contributed by atoms with Crippen molar-refractivity contribution in [2.24, 2.45) is 5.92 Å². The number of carbonyl (C=O) groups excluding carboxylic acids is 1. The quantitative estimate of drug-likeness (QED) is 0.833. The number of nitrogens with zero attached hydrogens (tertiary/aromatic N) is 3. The third-order valence-electron chi connectivity index (χ3n) is 3.48. The first-order valence-electron chi connectivity index (χ1n) is 7.20. The number of carbonyl (C=O) groups is 2. The molecule has 1 aromatic carbocycles. The molecule has 0 aliphatic carbocycles. The predicted octanol–water partition coefficient (Wildman–Crippen LogP) is 0.578. The molecule has 23 heavy (non-hydrogen) atoms. The molecule has 122 valence electrons. The number of hydrogen-bond acceptors (Lipinski definition) is 5. The second kappa shape index (κ2) is 6.55. The van der Waals surface area contributed by atoms with Crippen LogP contribution in [0, 0.1) is 5.92 Å². The van der Waals surface area contributed by atoms with Crippen molar-refractivity contribution in [2.75, 3.05) is 0 Å². The molecule has 0 unspecified atom stereocenters. The molecule has 1 amide bonds. The Hall–Kier alpha value is -2.77. The summed E-state index contributed by atoms with van der Waals surface area (Å²) >= 11 is 0. The van der Waals surface area contributed by atoms with Crippen LogP contribution in [0.1, 0.15) is 26.8 Å². The van der Waals surface area contributed by atoms with Crippen LogP contribution in [0.4, 0.5) is 0 Å². The average Bonchev–Trinajstić information content (AvgIpc) is 2.49. The van der Waals surface area contributed by atoms with Crippen LogP contribution in [-0.4, -0.2) is 38.0 Å². The van der Waals surface area contributed by atoms with E-state index in [1.54, 1.807) is 38.1 Å². The zero-order valence-electron chi connectivity index (χ0n) is 13.1. The van der Waals surface area contributed by atoms with Crippen LogP contribution in [-0.2, 0) is 9.59 Å². The van der Waals surface area contributed by atoms with Crippen LogP contribution in [0.25, 0.3) is 10.9 Å². The monoisotopic (exact) mass is 318 g/mol. The van der Waals surface area contributed by atoms with Gasteiger partial charge in [-0.3, -0.25) is 14.4 Å². The lowest BCUT2D eigenvalue weighted by Crippen LogP contribution is -2.46. The molecule has 0 bridgehead atoms. The molecule has 2 aromatic rings. The third kappa shape index (κ3) is 3.36. The van der Waals surface area contributed by atoms with Crippen molar-refractivity contribution in [1.29, 1.82) is 0 Å². The third-order valence-corrected chi connectivity index (χ3v) is 3.48. The van der Waals surface area contributed by atoms with Crippen molar-refractivity contribution in [3.8, 4) is 0 Å². The largest absolute Gasteiger partial charge is 0.480 e. The Bertz CT molecular complexity index is 799. The lowest BCUT2D eigenvalue weighted by atomic mass is 10.0. The van der Waals surface area contributed by atoms with E-state index in [9.17, 15) is 14.4 Å². The number of carboxylic acids is 1. The summed E-state index contributed by atoms with van der Waals surface area (Å²) in [4.78, 5) is 35.8. The van der Waals surface area contributed by atoms with Gasteiger partial charge in [-0.05, 0) is 25.0 Å². The molecule has 0 spiro atoms. The molecule has 1 heterocycles. The fourth-order valence-corrected chi connectivity index (χ4v) is 2.24. The Balaban J connectivity index is 2.46. The van der Waals surface area contributed by atoms with E-state index < -0.39 is 29.5 Å². The van der Waals surface area contributed by atoms with Crippen molar-refractivity contribution in [1.82, 2.24) is 20.3 Å². The van der Waals surface area contributed by atoms with Crippen LogP contribution in [0.3, 0.4) is 0 Å². The normalized spacial score (nSPS) is 13.7. The lowest BCUT2D eigenvalue weighted by molar-refractivity contribution is -0.142. The van der Waals surface area contributed by atoms with Crippen molar-refractivity contribution >= 4 is 22.8 Å². The number of aromatic nitrogens is 3. The summed E-state index contributed by atoms with van der Waals surface area (Å²) in [6, 6.07) is 4.70. The van der Waals surface area contributed by atoms with Gasteiger partial charge in [0.05, 0.1) is 5.39 Å². The fourth-order valence-electron chi connectivity index (χ4n) is 2.24. The minimum Gasteiger partial charge on any atom is -0.480 e. The Labute approximate surface area is 132 Å². The molecule has 2 N–H and O–H groups in total. The van der Waals surface area contributed by atoms with Gasteiger partial charge in [0.1, 0.15) is 17.6 Å². The minimum absolute atomic E-state index is 0.274. The summed E-state index contributed by atoms with van der Waals surface area (Å²) in [5, 5.41) is 19.4. The van der Waals surface area contributed by atoms with Gasteiger partial charge in [-0.1, -0.05) is 31.2 Å². The molecule has 0 fully saturated rings. The standard InChI is InChI=1S/C15H18N4O4/c1-8(2)12(13(20)16-9(3)15(22)23)19-14(21)10-6-4-5-7-11(10)17-18-19/h4-9,12H,1-3H3,(H,16,20)(H,22,23)/t9-,12-/m0/s1. The van der Waals surface area contributed by atoms with E-state index in [4.69, 9.17) is 5.11 Å². The van der Waals surface area contributed by atoms with Gasteiger partial charge < -0.3 is 10.4 Å². The molecule has 0 radical (unpaired) electrons. The van der Waals surface area contributed by atoms with E-state index in [0.717, 1.165) is 4.68 Å². The van der Waals surface area contributed by atoms with Gasteiger partial charge >= 0.3 is 5.97 Å². The maximum atomic E-state index is 12.6. The van der Waals surface area contributed by atoms with Gasteiger partial charge in [0.25, 0.3) is 5.56 Å². The first kappa shape index (κ1) is 16.6. The number of amides is 1. The zero-order chi connectivity index (χ0) is 17.1. The van der Waals surface area contributed by atoms with Crippen LogP contribution < -0.4 is 10.9 Å². The van der Waals surface area contributed by atoms with Crippen LogP contribution in [0.2, 0.25) is 0 Å². The highest BCUT2D eigenvalue weighted by molar-refractivity contribution is 5.86. The molecule has 0 saturated heterocycles. The molecule has 8 heteroatoms. The summed E-state index contributed by atoms with van der Waals surface area (Å²) in [5.74, 6) is -2.01. The van der Waals surface area contributed by atoms with Gasteiger partial charge in [-0.2, -0.15) is 4.68 Å². The topological polar surface area (TPSA) is 114 Å². The number of rotatable bonds is 5. The van der Waals surface area contributed by atoms with Crippen molar-refractivity contribution < 1.29 is 14.7 Å². The molecule has 2 rings (SSSR count). The smallest absolute Gasteiger partial charge is 0.325 e. The second-order valence-corrected chi connectivity index (χ2v) is 5.61. The SMILES string of the molecule is CC(C)[C@@H](C(=O)N[C@@H](C)C(=O)O)n1nnc2ccccc2c1=O. The maximum Gasteiger partial charge on any atom is 0.325 e. The van der Waals surface area contributed by atoms with Crippen molar-refractivity contribution in [3.05, 3.63) is 34.6 Å². The molecule has 1 aromatic heterocycles. The number of carboxylic acid groups (broad SMARTS) is 1. The zero-order valence-corrected chi connectivity index (χ0v) is 13.1. The molecular weight excluding hydrogens is 300 g/mol. The number of fused-ring (bicyclic) bond motifs is 1. The molecule has 0 aliphatic heterocycles. The number of nitrogens with one attached hydrogen (secondary N) is 1. The predicted molar refractivity (Wildman–Crippen MR) is 82.9 cm³/mol. The lowest BCUT2D eigenvalue weighted by Gasteiger charge is -2.22. The fraction of sp³-hybridized carbons (Fsp3) is 0.400. The first-order chi connectivity index (χ1) is 10.8. The van der Waals surface area contributed by atoms with Gasteiger partial charge in [-0.25, -0.2) is 0 Å². The Morgan fingerprint density at radius 1 is 1.22 bits per heavy atom. The van der Waals surface area contributed by atoms with Gasteiger partial charge in [0, 0.05) is 0 Å². The van der Waals surface area contributed by atoms with E-state index in [1.165, 1.54) is 6.92 Å². The van der Waals surface area contributed by atoms with Gasteiger partial charge in [-0.15, -0.1) is 5.10 Å². The maximum absolute atomic E-state index is 12.6. The molecule has 2 atom stereocenters. The Kier molecular flexibility index (Phi) is 4.73. The van der Waals surface area contributed by atoms with Crippen molar-refractivity contribution in [2.45, 2.75) is 32.9 Å². The summed E-state index contributed by atoms with van der Waals surface area (Å²) < 4.78 is 1.01. The summed E-state index contributed by atoms with van der Waals surface area (Å²) in [7, 11) is 0. The van der Waals surface area contributed by atoms with Crippen LogP contribution >= 0.6 is 0 Å². The van der Waals surface area contributed by atoms with Crippen molar-refractivity contribution in [3.63, 3.8) is 0 Å². The van der Waals surface area contributed by atoms with Crippen LogP contribution in [0.15, 0.2) is 29.1 Å². The Morgan fingerprint density at radius 2 is 1.87 bits per heavy atom. The summed E-state index contributed by atoms with van der Waals surface area (Å²) in [6.45, 7) is 4.85. The first-order valence-corrected chi connectivity index (χ1v) is 7.20. The number of benzene rings is 1. The van der Waals surface area contributed by atoms with E-state index in [1.807, 2.05) is 0 Å². The van der Waals surface area contributed by atoms with Crippen LogP contribution in [0.5, 0.6) is 0 Å². The molecule has 0 saturated carbocycles. The average molecular weight is 318 g/mol. The summed E-state index contributed by atoms with van der Waals surface area (Å²) in [6.07, 6.45) is 0. The highest BCUT2D eigenvalue weighted by atomic mass is 16.4. The van der Waals surface area contributed by atoms with E-state index in [2.05, 4.69) is 15.6 Å². The van der Waals surface area contributed by atoms with Gasteiger partial charge in [0.15, 0.2) is 0 Å².